The molecule has 228 valence electrons. The van der Waals surface area contributed by atoms with Gasteiger partial charge in [0.15, 0.2) is 5.60 Å². The molecule has 5 heteroatoms. The number of nitrogens with one attached hydrogen (secondary N) is 1. The molecule has 1 N–H and O–H groups in total. The van der Waals surface area contributed by atoms with E-state index in [-0.39, 0.29) is 5.97 Å². The SMILES string of the molecule is CCCCN(CCCCC(C)C)c1ccc2c(c1)Oc1cc(C)c(Nc3cccc(C)c3)cc1C21OC(=O)c2ccccc21. The van der Waals surface area contributed by atoms with Crippen LogP contribution in [-0.4, -0.2) is 19.1 Å². The summed E-state index contributed by atoms with van der Waals surface area (Å²) in [7, 11) is 0. The van der Waals surface area contributed by atoms with Crippen LogP contribution in [-0.2, 0) is 10.3 Å². The number of esters is 1. The third-order valence-corrected chi connectivity index (χ3v) is 8.95. The molecule has 0 fully saturated rings. The van der Waals surface area contributed by atoms with E-state index in [9.17, 15) is 4.79 Å². The van der Waals surface area contributed by atoms with Crippen LogP contribution in [0.25, 0.3) is 0 Å². The number of unbranched alkanes of at least 4 members (excludes halogenated alkanes) is 2. The van der Waals surface area contributed by atoms with E-state index >= 15 is 0 Å². The fraction of sp³-hybridized carbons (Fsp3) is 0.359. The quantitative estimate of drug-likeness (QED) is 0.140. The van der Waals surface area contributed by atoms with Gasteiger partial charge in [0.25, 0.3) is 0 Å². The van der Waals surface area contributed by atoms with E-state index in [2.05, 4.69) is 93.4 Å². The van der Waals surface area contributed by atoms with E-state index in [1.54, 1.807) is 0 Å². The van der Waals surface area contributed by atoms with Gasteiger partial charge in [-0.15, -0.1) is 0 Å². The predicted molar refractivity (Wildman–Crippen MR) is 180 cm³/mol. The Morgan fingerprint density at radius 3 is 2.41 bits per heavy atom. The van der Waals surface area contributed by atoms with Gasteiger partial charge in [0, 0.05) is 52.9 Å². The summed E-state index contributed by atoms with van der Waals surface area (Å²) in [6.07, 6.45) is 5.91. The van der Waals surface area contributed by atoms with E-state index < -0.39 is 5.60 Å². The van der Waals surface area contributed by atoms with E-state index in [0.29, 0.717) is 11.3 Å². The Bertz CT molecular complexity index is 1680. The lowest BCUT2D eigenvalue weighted by atomic mass is 9.77. The lowest BCUT2D eigenvalue weighted by Crippen LogP contribution is -2.33. The van der Waals surface area contributed by atoms with Crippen LogP contribution in [0, 0.1) is 19.8 Å². The molecule has 0 amide bonds. The van der Waals surface area contributed by atoms with Crippen molar-refractivity contribution in [2.24, 2.45) is 5.92 Å². The first-order valence-electron chi connectivity index (χ1n) is 16.2. The molecule has 5 nitrogen and oxygen atoms in total. The number of hydrogen-bond acceptors (Lipinski definition) is 5. The lowest BCUT2D eigenvalue weighted by Gasteiger charge is -2.38. The van der Waals surface area contributed by atoms with Crippen LogP contribution in [0.1, 0.15) is 91.1 Å². The molecular formula is C39H44N2O3. The second-order valence-corrected chi connectivity index (χ2v) is 12.8. The zero-order chi connectivity index (χ0) is 30.8. The van der Waals surface area contributed by atoms with Crippen LogP contribution in [0.3, 0.4) is 0 Å². The topological polar surface area (TPSA) is 50.8 Å². The zero-order valence-corrected chi connectivity index (χ0v) is 26.7. The molecule has 0 saturated carbocycles. The number of anilines is 3. The summed E-state index contributed by atoms with van der Waals surface area (Å²) in [4.78, 5) is 15.9. The van der Waals surface area contributed by atoms with Gasteiger partial charge in [0.05, 0.1) is 5.56 Å². The summed E-state index contributed by atoms with van der Waals surface area (Å²) in [6, 6.07) is 26.7. The average Bonchev–Trinajstić information content (AvgIpc) is 3.30. The minimum atomic E-state index is -1.10. The van der Waals surface area contributed by atoms with Gasteiger partial charge in [-0.25, -0.2) is 4.79 Å². The molecule has 0 bridgehead atoms. The van der Waals surface area contributed by atoms with Crippen molar-refractivity contribution in [3.63, 3.8) is 0 Å². The van der Waals surface area contributed by atoms with Gasteiger partial charge in [-0.05, 0) is 86.2 Å². The molecule has 44 heavy (non-hydrogen) atoms. The summed E-state index contributed by atoms with van der Waals surface area (Å²) in [5, 5.41) is 3.60. The molecule has 1 atom stereocenters. The number of fused-ring (bicyclic) bond motifs is 6. The highest BCUT2D eigenvalue weighted by Crippen LogP contribution is 2.57. The van der Waals surface area contributed by atoms with Gasteiger partial charge in [-0.2, -0.15) is 0 Å². The minimum absolute atomic E-state index is 0.313. The number of hydrogen-bond donors (Lipinski definition) is 1. The van der Waals surface area contributed by atoms with Crippen LogP contribution in [0.2, 0.25) is 0 Å². The monoisotopic (exact) mass is 588 g/mol. The second-order valence-electron chi connectivity index (χ2n) is 12.8. The zero-order valence-electron chi connectivity index (χ0n) is 26.7. The summed E-state index contributed by atoms with van der Waals surface area (Å²) in [5.41, 5.74) is 7.36. The van der Waals surface area contributed by atoms with Crippen LogP contribution in [0.4, 0.5) is 17.1 Å². The molecular weight excluding hydrogens is 544 g/mol. The molecule has 2 aliphatic heterocycles. The minimum Gasteiger partial charge on any atom is -0.456 e. The molecule has 2 aliphatic rings. The van der Waals surface area contributed by atoms with Crippen LogP contribution >= 0.6 is 0 Å². The van der Waals surface area contributed by atoms with Crippen molar-refractivity contribution in [1.82, 2.24) is 0 Å². The maximum Gasteiger partial charge on any atom is 0.340 e. The number of carbonyl (C=O) groups excluding carboxylic acids is 1. The highest BCUT2D eigenvalue weighted by molar-refractivity contribution is 5.97. The Hall–Kier alpha value is -4.25. The van der Waals surface area contributed by atoms with Crippen molar-refractivity contribution in [2.75, 3.05) is 23.3 Å². The summed E-state index contributed by atoms with van der Waals surface area (Å²) in [6.45, 7) is 13.0. The predicted octanol–water partition coefficient (Wildman–Crippen LogP) is 10.0. The third-order valence-electron chi connectivity index (χ3n) is 8.95. The van der Waals surface area contributed by atoms with Crippen molar-refractivity contribution >= 4 is 23.0 Å². The smallest absolute Gasteiger partial charge is 0.340 e. The first-order valence-corrected chi connectivity index (χ1v) is 16.2. The number of nitrogens with zero attached hydrogens (tertiary/aromatic N) is 1. The van der Waals surface area contributed by atoms with Crippen molar-refractivity contribution < 1.29 is 14.3 Å². The molecule has 2 heterocycles. The second kappa shape index (κ2) is 12.4. The summed E-state index contributed by atoms with van der Waals surface area (Å²) in [5.74, 6) is 1.86. The summed E-state index contributed by atoms with van der Waals surface area (Å²) >= 11 is 0. The van der Waals surface area contributed by atoms with E-state index in [0.717, 1.165) is 83.3 Å². The number of carbonyl (C=O) groups is 1. The Labute approximate surface area is 262 Å². The van der Waals surface area contributed by atoms with Gasteiger partial charge in [0.1, 0.15) is 11.5 Å². The van der Waals surface area contributed by atoms with Crippen molar-refractivity contribution in [2.45, 2.75) is 72.3 Å². The third kappa shape index (κ3) is 5.56. The van der Waals surface area contributed by atoms with Gasteiger partial charge in [-0.3, -0.25) is 0 Å². The van der Waals surface area contributed by atoms with Crippen LogP contribution < -0.4 is 15.0 Å². The molecule has 1 unspecified atom stereocenters. The molecule has 0 aliphatic carbocycles. The van der Waals surface area contributed by atoms with Crippen LogP contribution in [0.15, 0.2) is 78.9 Å². The molecule has 0 aromatic heterocycles. The van der Waals surface area contributed by atoms with Gasteiger partial charge in [-0.1, -0.05) is 70.4 Å². The molecule has 1 spiro atoms. The van der Waals surface area contributed by atoms with Gasteiger partial charge in [0.2, 0.25) is 0 Å². The molecule has 6 rings (SSSR count). The van der Waals surface area contributed by atoms with E-state index in [1.807, 2.05) is 30.3 Å². The van der Waals surface area contributed by atoms with Gasteiger partial charge < -0.3 is 19.7 Å². The van der Waals surface area contributed by atoms with Crippen molar-refractivity contribution in [3.8, 4) is 11.5 Å². The number of aryl methyl sites for hydroxylation is 2. The fourth-order valence-electron chi connectivity index (χ4n) is 6.59. The largest absolute Gasteiger partial charge is 0.456 e. The highest BCUT2D eigenvalue weighted by atomic mass is 16.6. The average molecular weight is 589 g/mol. The highest BCUT2D eigenvalue weighted by Gasteiger charge is 2.53. The fourth-order valence-corrected chi connectivity index (χ4v) is 6.59. The molecule has 4 aromatic rings. The standard InChI is InChI=1S/C39H44N2O3/c1-6-7-20-41(21-11-10-13-26(2)3)30-18-19-33-37(24-30)43-36-23-28(5)35(40-29-15-12-14-27(4)22-29)25-34(36)39(33)32-17-9-8-16-31(32)38(42)44-39/h8-9,12,14-19,22-26,40H,6-7,10-11,13,20-21H2,1-5H3. The van der Waals surface area contributed by atoms with E-state index in [1.165, 1.54) is 18.4 Å². The first-order chi connectivity index (χ1) is 21.3. The summed E-state index contributed by atoms with van der Waals surface area (Å²) < 4.78 is 13.2. The Kier molecular flexibility index (Phi) is 8.40. The Balaban J connectivity index is 1.44. The normalized spacial score (nSPS) is 16.3. The maximum absolute atomic E-state index is 13.4. The lowest BCUT2D eigenvalue weighted by molar-refractivity contribution is 0.0224. The number of ether oxygens (including phenoxy) is 2. The Morgan fingerprint density at radius 2 is 1.61 bits per heavy atom. The first kappa shape index (κ1) is 29.8. The van der Waals surface area contributed by atoms with E-state index in [4.69, 9.17) is 9.47 Å². The van der Waals surface area contributed by atoms with Gasteiger partial charge >= 0.3 is 5.97 Å². The maximum atomic E-state index is 13.4. The molecule has 0 radical (unpaired) electrons. The number of benzene rings is 4. The molecule has 4 aromatic carbocycles. The number of rotatable bonds is 11. The van der Waals surface area contributed by atoms with Crippen molar-refractivity contribution in [3.05, 3.63) is 112 Å². The van der Waals surface area contributed by atoms with Crippen LogP contribution in [0.5, 0.6) is 11.5 Å². The Morgan fingerprint density at radius 1 is 0.818 bits per heavy atom. The van der Waals surface area contributed by atoms with Crippen molar-refractivity contribution in [1.29, 1.82) is 0 Å². The molecule has 0 saturated heterocycles.